The molecule has 0 atom stereocenters. The molecule has 36 heavy (non-hydrogen) atoms. The van der Waals surface area contributed by atoms with Gasteiger partial charge in [-0.3, -0.25) is 0 Å². The van der Waals surface area contributed by atoms with Crippen LogP contribution < -0.4 is 5.73 Å². The molecule has 1 fully saturated rings. The molecule has 3 aromatic rings. The Morgan fingerprint density at radius 2 is 1.86 bits per heavy atom. The van der Waals surface area contributed by atoms with Crippen molar-refractivity contribution in [1.29, 1.82) is 5.26 Å². The molecule has 0 saturated heterocycles. The first-order valence-electron chi connectivity index (χ1n) is 11.5. The van der Waals surface area contributed by atoms with Crippen LogP contribution in [-0.4, -0.2) is 31.6 Å². The Balaban J connectivity index is 1.60. The number of benzene rings is 1. The standard InChI is InChI=1S/C25H23F3N8/c1-14-22(25(26,27)28)15(2)36(33-14)21-11-20(30)32-24-19(9-10-31-21)23(34-35(24)13-17-3-4-17)18-7-5-16(12-29)6-8-18/h5-8,10-11,17H,3-4,9,13H2,1-2H3,(H2,30,32). The molecule has 0 radical (unpaired) electrons. The van der Waals surface area contributed by atoms with Gasteiger partial charge in [0.25, 0.3) is 0 Å². The fourth-order valence-electron chi connectivity index (χ4n) is 4.36. The lowest BCUT2D eigenvalue weighted by atomic mass is 10.0. The second kappa shape index (κ2) is 8.78. The molecule has 184 valence electrons. The summed E-state index contributed by atoms with van der Waals surface area (Å²) in [4.78, 5) is 9.06. The number of aromatic nitrogens is 4. The summed E-state index contributed by atoms with van der Waals surface area (Å²) < 4.78 is 43.6. The van der Waals surface area contributed by atoms with Crippen LogP contribution in [0.25, 0.3) is 17.1 Å². The van der Waals surface area contributed by atoms with Crippen molar-refractivity contribution >= 4 is 23.7 Å². The minimum Gasteiger partial charge on any atom is -0.384 e. The quantitative estimate of drug-likeness (QED) is 0.565. The molecular formula is C25H23F3N8. The van der Waals surface area contributed by atoms with Gasteiger partial charge < -0.3 is 5.73 Å². The highest BCUT2D eigenvalue weighted by atomic mass is 19.4. The topological polar surface area (TPSA) is 110 Å². The maximum atomic E-state index is 13.5. The Kier molecular flexibility index (Phi) is 5.74. The Bertz CT molecular complexity index is 1460. The van der Waals surface area contributed by atoms with E-state index in [1.807, 2.05) is 16.8 Å². The highest BCUT2D eigenvalue weighted by Gasteiger charge is 2.38. The van der Waals surface area contributed by atoms with Crippen LogP contribution in [0, 0.1) is 31.1 Å². The van der Waals surface area contributed by atoms with Crippen molar-refractivity contribution in [3.05, 3.63) is 58.4 Å². The number of rotatable bonds is 4. The summed E-state index contributed by atoms with van der Waals surface area (Å²) in [6.45, 7) is 3.36. The smallest absolute Gasteiger partial charge is 0.384 e. The van der Waals surface area contributed by atoms with Crippen molar-refractivity contribution in [2.75, 3.05) is 0 Å². The average Bonchev–Trinajstić information content (AvgIpc) is 3.49. The minimum absolute atomic E-state index is 0.0776. The van der Waals surface area contributed by atoms with Crippen LogP contribution >= 0.6 is 0 Å². The molecule has 0 bridgehead atoms. The zero-order chi connectivity index (χ0) is 25.6. The summed E-state index contributed by atoms with van der Waals surface area (Å²) in [5.74, 6) is 1.32. The van der Waals surface area contributed by atoms with Crippen molar-refractivity contribution in [3.8, 4) is 17.3 Å². The van der Waals surface area contributed by atoms with Crippen LogP contribution in [0.1, 0.15) is 40.9 Å². The molecule has 2 aliphatic rings. The predicted molar refractivity (Wildman–Crippen MR) is 130 cm³/mol. The molecule has 3 heterocycles. The number of nitrogens with zero attached hydrogens (tertiary/aromatic N) is 7. The molecule has 11 heteroatoms. The number of halogens is 3. The maximum Gasteiger partial charge on any atom is 0.419 e. The number of hydrogen-bond acceptors (Lipinski definition) is 6. The lowest BCUT2D eigenvalue weighted by Crippen LogP contribution is -2.12. The van der Waals surface area contributed by atoms with Crippen molar-refractivity contribution in [2.45, 2.75) is 45.8 Å². The third-order valence-electron chi connectivity index (χ3n) is 6.26. The van der Waals surface area contributed by atoms with E-state index in [4.69, 9.17) is 16.1 Å². The number of hydrogen-bond donors (Lipinski definition) is 1. The fourth-order valence-corrected chi connectivity index (χ4v) is 4.36. The van der Waals surface area contributed by atoms with Gasteiger partial charge in [-0.05, 0) is 44.7 Å². The van der Waals surface area contributed by atoms with Gasteiger partial charge in [-0.15, -0.1) is 0 Å². The van der Waals surface area contributed by atoms with Crippen LogP contribution in [0.4, 0.5) is 19.0 Å². The number of amidine groups is 1. The second-order valence-corrected chi connectivity index (χ2v) is 8.98. The summed E-state index contributed by atoms with van der Waals surface area (Å²) in [7, 11) is 0. The van der Waals surface area contributed by atoms with Crippen LogP contribution in [0.2, 0.25) is 0 Å². The first-order chi connectivity index (χ1) is 17.2. The Labute approximate surface area is 205 Å². The summed E-state index contributed by atoms with van der Waals surface area (Å²) in [6, 6.07) is 9.22. The molecule has 5 rings (SSSR count). The minimum atomic E-state index is -4.53. The van der Waals surface area contributed by atoms with E-state index in [-0.39, 0.29) is 23.0 Å². The SMILES string of the molecule is Cc1nn(C2=CC(N)=Nc3c(c(-c4ccc(C#N)cc4)nn3CC3CC3)CC=N2)c(C)c1C(F)(F)F. The van der Waals surface area contributed by atoms with Gasteiger partial charge in [0.1, 0.15) is 5.84 Å². The molecule has 0 amide bonds. The van der Waals surface area contributed by atoms with Gasteiger partial charge in [0.15, 0.2) is 11.6 Å². The van der Waals surface area contributed by atoms with Crippen LogP contribution in [0.3, 0.4) is 0 Å². The average molecular weight is 493 g/mol. The van der Waals surface area contributed by atoms with Gasteiger partial charge in [-0.1, -0.05) is 12.1 Å². The van der Waals surface area contributed by atoms with Crippen LogP contribution in [-0.2, 0) is 19.1 Å². The Morgan fingerprint density at radius 3 is 2.47 bits per heavy atom. The van der Waals surface area contributed by atoms with Gasteiger partial charge in [0, 0.05) is 36.4 Å². The highest BCUT2D eigenvalue weighted by Crippen LogP contribution is 2.37. The summed E-state index contributed by atoms with van der Waals surface area (Å²) in [6.07, 6.45) is 1.05. The first kappa shape index (κ1) is 23.5. The zero-order valence-electron chi connectivity index (χ0n) is 19.7. The van der Waals surface area contributed by atoms with Gasteiger partial charge in [-0.2, -0.15) is 28.6 Å². The highest BCUT2D eigenvalue weighted by molar-refractivity contribution is 5.98. The molecule has 8 nitrogen and oxygen atoms in total. The van der Waals surface area contributed by atoms with Crippen molar-refractivity contribution in [1.82, 2.24) is 19.6 Å². The van der Waals surface area contributed by atoms with E-state index in [1.165, 1.54) is 19.9 Å². The second-order valence-electron chi connectivity index (χ2n) is 8.98. The number of nitrogens with two attached hydrogens (primary N) is 1. The van der Waals surface area contributed by atoms with Crippen molar-refractivity contribution in [3.63, 3.8) is 0 Å². The molecule has 2 aromatic heterocycles. The molecule has 2 N–H and O–H groups in total. The number of aliphatic imine (C=N–C) groups is 2. The number of nitriles is 1. The molecular weight excluding hydrogens is 469 g/mol. The first-order valence-corrected chi connectivity index (χ1v) is 11.5. The predicted octanol–water partition coefficient (Wildman–Crippen LogP) is 4.78. The van der Waals surface area contributed by atoms with E-state index >= 15 is 0 Å². The molecule has 1 aliphatic heterocycles. The molecule has 1 aromatic carbocycles. The summed E-state index contributed by atoms with van der Waals surface area (Å²) >= 11 is 0. The number of fused-ring (bicyclic) bond motifs is 1. The summed E-state index contributed by atoms with van der Waals surface area (Å²) in [5, 5.41) is 18.0. The molecule has 1 saturated carbocycles. The Morgan fingerprint density at radius 1 is 1.14 bits per heavy atom. The lowest BCUT2D eigenvalue weighted by molar-refractivity contribution is -0.138. The number of alkyl halides is 3. The largest absolute Gasteiger partial charge is 0.419 e. The Hall–Kier alpha value is -4.20. The van der Waals surface area contributed by atoms with E-state index in [0.717, 1.165) is 28.7 Å². The van der Waals surface area contributed by atoms with Gasteiger partial charge >= 0.3 is 6.18 Å². The lowest BCUT2D eigenvalue weighted by Gasteiger charge is -2.08. The summed E-state index contributed by atoms with van der Waals surface area (Å²) in [5.41, 5.74) is 8.11. The third kappa shape index (κ3) is 4.42. The molecule has 1 aliphatic carbocycles. The van der Waals surface area contributed by atoms with E-state index in [2.05, 4.69) is 21.2 Å². The van der Waals surface area contributed by atoms with Gasteiger partial charge in [0.2, 0.25) is 0 Å². The van der Waals surface area contributed by atoms with E-state index in [1.54, 1.807) is 18.3 Å². The van der Waals surface area contributed by atoms with Crippen LogP contribution in [0.5, 0.6) is 0 Å². The monoisotopic (exact) mass is 492 g/mol. The fraction of sp³-hybridized carbons (Fsp3) is 0.320. The van der Waals surface area contributed by atoms with Gasteiger partial charge in [0.05, 0.1) is 34.3 Å². The maximum absolute atomic E-state index is 13.5. The van der Waals surface area contributed by atoms with Crippen molar-refractivity contribution in [2.24, 2.45) is 21.6 Å². The van der Waals surface area contributed by atoms with Gasteiger partial charge in [-0.25, -0.2) is 19.3 Å². The molecule has 0 unspecified atom stereocenters. The van der Waals surface area contributed by atoms with Crippen molar-refractivity contribution < 1.29 is 13.2 Å². The normalized spacial score (nSPS) is 15.9. The van der Waals surface area contributed by atoms with Crippen LogP contribution in [0.15, 0.2) is 40.3 Å². The van der Waals surface area contributed by atoms with E-state index in [0.29, 0.717) is 36.0 Å². The molecule has 0 spiro atoms. The zero-order valence-corrected chi connectivity index (χ0v) is 19.7. The van der Waals surface area contributed by atoms with E-state index < -0.39 is 11.7 Å². The number of aryl methyl sites for hydroxylation is 1. The van der Waals surface area contributed by atoms with E-state index in [9.17, 15) is 13.2 Å². The third-order valence-corrected chi connectivity index (χ3v) is 6.26.